The van der Waals surface area contributed by atoms with Gasteiger partial charge in [-0.1, -0.05) is 140 Å². The summed E-state index contributed by atoms with van der Waals surface area (Å²) in [5.41, 5.74) is 33.1. The van der Waals surface area contributed by atoms with Crippen LogP contribution in [-0.4, -0.2) is 140 Å². The fourth-order valence-electron chi connectivity index (χ4n) is 11.4. The molecule has 0 unspecified atom stereocenters. The molecule has 6 aromatic rings. The number of benzene rings is 6. The van der Waals surface area contributed by atoms with E-state index in [1.165, 1.54) is 0 Å². The maximum absolute atomic E-state index is 15.0. The van der Waals surface area contributed by atoms with Crippen LogP contribution in [0.25, 0.3) is 32.7 Å². The first-order valence-corrected chi connectivity index (χ1v) is 32.8. The van der Waals surface area contributed by atoms with Gasteiger partial charge in [0, 0.05) is 19.3 Å². The van der Waals surface area contributed by atoms with Crippen LogP contribution in [0.3, 0.4) is 0 Å². The topological polar surface area (TPSA) is 409 Å². The number of hydrogen-bond donors (Lipinski definition) is 14. The molecule has 1 heterocycles. The van der Waals surface area contributed by atoms with Crippen molar-refractivity contribution in [2.24, 2.45) is 28.7 Å². The first-order chi connectivity index (χ1) is 45.9. The third-order valence-electron chi connectivity index (χ3n) is 16.7. The van der Waals surface area contributed by atoms with E-state index in [1.807, 2.05) is 127 Å². The van der Waals surface area contributed by atoms with Crippen molar-refractivity contribution in [3.05, 3.63) is 156 Å². The van der Waals surface area contributed by atoms with Crippen molar-refractivity contribution in [2.45, 2.75) is 151 Å². The molecule has 0 spiro atoms. The summed E-state index contributed by atoms with van der Waals surface area (Å²) in [4.78, 5) is 145. The van der Waals surface area contributed by atoms with Crippen molar-refractivity contribution in [1.82, 2.24) is 47.9 Å². The molecule has 506 valence electrons. The van der Waals surface area contributed by atoms with Crippen LogP contribution in [0.2, 0.25) is 0 Å². The third-order valence-corrected chi connectivity index (χ3v) is 16.7. The molecule has 8 atom stereocenters. The Morgan fingerprint density at radius 1 is 0.326 bits per heavy atom. The molecule has 1 aliphatic heterocycles. The Morgan fingerprint density at radius 2 is 0.642 bits per heavy atom. The van der Waals surface area contributed by atoms with Gasteiger partial charge < -0.3 is 76.5 Å². The number of rotatable bonds is 25. The minimum Gasteiger partial charge on any atom is -0.370 e. The van der Waals surface area contributed by atoms with Gasteiger partial charge in [0.2, 0.25) is 59.1 Å². The van der Waals surface area contributed by atoms with Crippen LogP contribution in [0.1, 0.15) is 100 Å². The third kappa shape index (κ3) is 23.1. The second-order valence-corrected chi connectivity index (χ2v) is 24.1. The summed E-state index contributed by atoms with van der Waals surface area (Å²) in [5, 5.41) is 28.3. The summed E-state index contributed by atoms with van der Waals surface area (Å²) in [7, 11) is 0. The normalized spacial score (nSPS) is 21.0. The Kier molecular flexibility index (Phi) is 29.1. The monoisotopic (exact) mass is 1300 g/mol. The molecular formula is C71H92N14O10. The van der Waals surface area contributed by atoms with Gasteiger partial charge in [0.15, 0.2) is 0 Å². The summed E-state index contributed by atoms with van der Waals surface area (Å²) in [5.74, 6) is -8.51. The van der Waals surface area contributed by atoms with E-state index in [4.69, 9.17) is 28.7 Å². The standard InChI is InChI=1S/C71H92N14O10/c72-34-12-8-22-54-65(89)79-55(23-9-13-35-73)66(90)83-58(40-45-26-30-51(31-27-45)48-16-2-1-3-17-48)64(88)77-44-63(87)78-59(41-46-28-32-49-18-4-6-20-52(49)38-46)69(93)80-57(25-11-15-37-75)68(92)85-61(43-62(76)86)71(95)82-56(24-10-14-36-74)67(91)84-60(70(94)81-54)42-47-29-33-50-19-5-7-21-53(50)39-47/h1-7,16-21,26-33,38-39,54-61H,8-15,22-25,34-37,40-44,72-75H2,(H2,76,86)(H,77,88)(H,78,87)(H,79,89)(H,80,93)(H,81,94)(H,82,95)(H,83,90)(H,84,91)(H,85,92)/t54-,55-,56-,57-,58-,59-,60-,61-/m0/s1. The van der Waals surface area contributed by atoms with Gasteiger partial charge >= 0.3 is 0 Å². The van der Waals surface area contributed by atoms with Crippen molar-refractivity contribution in [2.75, 3.05) is 32.7 Å². The zero-order chi connectivity index (χ0) is 68.1. The maximum atomic E-state index is 15.0. The SMILES string of the molecule is NCCCC[C@@H]1NC(=O)[C@H](Cc2ccc3ccccc3c2)NC(=O)CNC(=O)[C@H](Cc2ccc(-c3ccccc3)cc2)NC(=O)[C@H](CCCCN)NC(=O)[C@H](CCCCN)NC(=O)[C@H](Cc2ccc3ccccc3c2)NC(=O)[C@H](CCCCN)NC(=O)[C@H](CC(N)=O)NC1=O. The van der Waals surface area contributed by atoms with E-state index in [0.29, 0.717) is 68.1 Å². The molecule has 0 saturated carbocycles. The highest BCUT2D eigenvalue weighted by Gasteiger charge is 2.36. The Labute approximate surface area is 553 Å². The summed E-state index contributed by atoms with van der Waals surface area (Å²) in [6.45, 7) is 0.270. The number of unbranched alkanes of at least 4 members (excludes halogenated alkanes) is 4. The number of carbonyl (C=O) groups is 10. The van der Waals surface area contributed by atoms with Gasteiger partial charge in [-0.2, -0.15) is 0 Å². The van der Waals surface area contributed by atoms with Crippen molar-refractivity contribution in [3.8, 4) is 11.1 Å². The number of hydrogen-bond acceptors (Lipinski definition) is 14. The van der Waals surface area contributed by atoms with Crippen LogP contribution >= 0.6 is 0 Å². The lowest BCUT2D eigenvalue weighted by atomic mass is 9.99. The van der Waals surface area contributed by atoms with Crippen LogP contribution < -0.4 is 76.5 Å². The van der Waals surface area contributed by atoms with Crippen LogP contribution in [-0.2, 0) is 67.2 Å². The fourth-order valence-corrected chi connectivity index (χ4v) is 11.4. The van der Waals surface area contributed by atoms with Crippen LogP contribution in [0.4, 0.5) is 0 Å². The molecule has 24 heteroatoms. The summed E-state index contributed by atoms with van der Waals surface area (Å²) in [6.07, 6.45) is 2.01. The van der Waals surface area contributed by atoms with Crippen molar-refractivity contribution in [3.63, 3.8) is 0 Å². The Morgan fingerprint density at radius 3 is 1.05 bits per heavy atom. The molecule has 19 N–H and O–H groups in total. The van der Waals surface area contributed by atoms with E-state index in [9.17, 15) is 43.2 Å². The minimum atomic E-state index is -1.71. The maximum Gasteiger partial charge on any atom is 0.243 e. The van der Waals surface area contributed by atoms with Gasteiger partial charge in [0.25, 0.3) is 0 Å². The number of carbonyl (C=O) groups excluding carboxylic acids is 10. The first-order valence-electron chi connectivity index (χ1n) is 32.8. The number of fused-ring (bicyclic) bond motifs is 2. The molecule has 6 aromatic carbocycles. The molecule has 10 amide bonds. The van der Waals surface area contributed by atoms with E-state index >= 15 is 4.79 Å². The summed E-state index contributed by atoms with van der Waals surface area (Å²) >= 11 is 0. The second kappa shape index (κ2) is 37.9. The first kappa shape index (κ1) is 72.8. The van der Waals surface area contributed by atoms with Gasteiger partial charge in [0.1, 0.15) is 48.3 Å². The highest BCUT2D eigenvalue weighted by molar-refractivity contribution is 6.00. The van der Waals surface area contributed by atoms with Crippen LogP contribution in [0, 0.1) is 0 Å². The van der Waals surface area contributed by atoms with Crippen molar-refractivity contribution in [1.29, 1.82) is 0 Å². The average Bonchev–Trinajstić information content (AvgIpc) is 0.918. The highest BCUT2D eigenvalue weighted by Crippen LogP contribution is 2.22. The number of amides is 10. The van der Waals surface area contributed by atoms with Gasteiger partial charge in [-0.05, 0) is 153 Å². The number of nitrogens with two attached hydrogens (primary N) is 5. The molecule has 24 nitrogen and oxygen atoms in total. The summed E-state index contributed by atoms with van der Waals surface area (Å²) < 4.78 is 0. The zero-order valence-corrected chi connectivity index (χ0v) is 53.7. The fraction of sp³-hybridized carbons (Fsp3) is 0.408. The van der Waals surface area contributed by atoms with E-state index in [-0.39, 0.29) is 71.1 Å². The van der Waals surface area contributed by atoms with E-state index in [0.717, 1.165) is 32.7 Å². The van der Waals surface area contributed by atoms with Crippen LogP contribution in [0.15, 0.2) is 140 Å². The minimum absolute atomic E-state index is 0.0257. The average molecular weight is 1300 g/mol. The Bertz CT molecular complexity index is 3570. The molecule has 1 fully saturated rings. The largest absolute Gasteiger partial charge is 0.370 e. The predicted octanol–water partition coefficient (Wildman–Crippen LogP) is 2.09. The zero-order valence-electron chi connectivity index (χ0n) is 53.7. The molecule has 95 heavy (non-hydrogen) atoms. The predicted molar refractivity (Wildman–Crippen MR) is 365 cm³/mol. The molecular weight excluding hydrogens is 1210 g/mol. The number of nitrogens with one attached hydrogen (secondary N) is 9. The second-order valence-electron chi connectivity index (χ2n) is 24.1. The molecule has 7 rings (SSSR count). The molecule has 1 saturated heterocycles. The lowest BCUT2D eigenvalue weighted by Gasteiger charge is -2.28. The van der Waals surface area contributed by atoms with Gasteiger partial charge in [0.05, 0.1) is 13.0 Å². The van der Waals surface area contributed by atoms with E-state index in [2.05, 4.69) is 47.9 Å². The lowest BCUT2D eigenvalue weighted by Crippen LogP contribution is -2.60. The van der Waals surface area contributed by atoms with Crippen molar-refractivity contribution >= 4 is 80.6 Å². The quantitative estimate of drug-likeness (QED) is 0.0365. The molecule has 0 radical (unpaired) electrons. The summed E-state index contributed by atoms with van der Waals surface area (Å²) in [6, 6.07) is 31.8. The molecule has 1 aliphatic rings. The van der Waals surface area contributed by atoms with Gasteiger partial charge in [-0.15, -0.1) is 0 Å². The van der Waals surface area contributed by atoms with Crippen molar-refractivity contribution < 1.29 is 47.9 Å². The molecule has 0 bridgehead atoms. The van der Waals surface area contributed by atoms with Gasteiger partial charge in [-0.25, -0.2) is 0 Å². The Balaban J connectivity index is 1.31. The molecule has 0 aliphatic carbocycles. The van der Waals surface area contributed by atoms with Gasteiger partial charge in [-0.3, -0.25) is 47.9 Å². The van der Waals surface area contributed by atoms with E-state index in [1.54, 1.807) is 12.1 Å². The molecule has 0 aromatic heterocycles. The smallest absolute Gasteiger partial charge is 0.243 e. The number of primary amides is 1. The Hall–Kier alpha value is -9.62. The highest BCUT2D eigenvalue weighted by atomic mass is 16.2. The lowest BCUT2D eigenvalue weighted by molar-refractivity contribution is -0.136. The van der Waals surface area contributed by atoms with E-state index < -0.39 is 120 Å². The van der Waals surface area contributed by atoms with Crippen LogP contribution in [0.5, 0.6) is 0 Å².